The standard InChI is InChI=1S/C11H18N2O5/c1-11(2,3)18-10(16)13-5-7(9(15)17-4)12-8(14)6-13/h7H,5-6H2,1-4H3,(H,12,14)/t7-/m1/s1. The Labute approximate surface area is 105 Å². The van der Waals surface area contributed by atoms with E-state index in [2.05, 4.69) is 10.1 Å². The predicted octanol–water partition coefficient (Wildman–Crippen LogP) is -0.105. The maximum atomic E-state index is 11.8. The number of esters is 1. The minimum Gasteiger partial charge on any atom is -0.467 e. The van der Waals surface area contributed by atoms with Crippen molar-refractivity contribution in [3.8, 4) is 0 Å². The number of piperazine rings is 1. The highest BCUT2D eigenvalue weighted by Crippen LogP contribution is 2.12. The maximum absolute atomic E-state index is 11.8. The van der Waals surface area contributed by atoms with Crippen LogP contribution >= 0.6 is 0 Å². The molecule has 0 radical (unpaired) electrons. The fraction of sp³-hybridized carbons (Fsp3) is 0.727. The lowest BCUT2D eigenvalue weighted by molar-refractivity contribution is -0.147. The Morgan fingerprint density at radius 2 is 2.00 bits per heavy atom. The van der Waals surface area contributed by atoms with E-state index in [1.807, 2.05) is 0 Å². The van der Waals surface area contributed by atoms with Gasteiger partial charge in [0, 0.05) is 0 Å². The zero-order chi connectivity index (χ0) is 13.9. The fourth-order valence-electron chi connectivity index (χ4n) is 1.49. The van der Waals surface area contributed by atoms with Crippen molar-refractivity contribution in [1.29, 1.82) is 0 Å². The van der Waals surface area contributed by atoms with E-state index in [1.165, 1.54) is 12.0 Å². The van der Waals surface area contributed by atoms with E-state index < -0.39 is 29.6 Å². The summed E-state index contributed by atoms with van der Waals surface area (Å²) in [4.78, 5) is 35.7. The molecule has 1 fully saturated rings. The molecule has 0 aliphatic carbocycles. The molecule has 0 aromatic carbocycles. The van der Waals surface area contributed by atoms with Gasteiger partial charge in [-0.25, -0.2) is 9.59 Å². The van der Waals surface area contributed by atoms with Crippen molar-refractivity contribution in [3.05, 3.63) is 0 Å². The monoisotopic (exact) mass is 258 g/mol. The summed E-state index contributed by atoms with van der Waals surface area (Å²) < 4.78 is 9.68. The van der Waals surface area contributed by atoms with Crippen LogP contribution in [0.5, 0.6) is 0 Å². The van der Waals surface area contributed by atoms with Crippen LogP contribution in [0, 0.1) is 0 Å². The Morgan fingerprint density at radius 1 is 1.39 bits per heavy atom. The van der Waals surface area contributed by atoms with Crippen LogP contribution in [0.4, 0.5) is 4.79 Å². The number of rotatable bonds is 1. The van der Waals surface area contributed by atoms with Crippen molar-refractivity contribution in [2.75, 3.05) is 20.2 Å². The van der Waals surface area contributed by atoms with Gasteiger partial charge in [-0.3, -0.25) is 9.69 Å². The zero-order valence-electron chi connectivity index (χ0n) is 11.0. The molecular weight excluding hydrogens is 240 g/mol. The Kier molecular flexibility index (Phi) is 4.15. The van der Waals surface area contributed by atoms with Crippen molar-refractivity contribution in [1.82, 2.24) is 10.2 Å². The summed E-state index contributed by atoms with van der Waals surface area (Å²) >= 11 is 0. The number of ether oxygens (including phenoxy) is 2. The van der Waals surface area contributed by atoms with Crippen LogP contribution < -0.4 is 5.32 Å². The summed E-state index contributed by atoms with van der Waals surface area (Å²) in [7, 11) is 1.22. The Hall–Kier alpha value is -1.79. The van der Waals surface area contributed by atoms with Gasteiger partial charge < -0.3 is 14.8 Å². The quantitative estimate of drug-likeness (QED) is 0.664. The minimum atomic E-state index is -0.844. The lowest BCUT2D eigenvalue weighted by atomic mass is 10.2. The number of amides is 2. The Balaban J connectivity index is 2.69. The summed E-state index contributed by atoms with van der Waals surface area (Å²) in [6, 6.07) is -0.844. The molecule has 7 heteroatoms. The number of carbonyl (C=O) groups excluding carboxylic acids is 3. The largest absolute Gasteiger partial charge is 0.467 e. The second-order valence-corrected chi connectivity index (χ2v) is 5.00. The molecule has 0 saturated carbocycles. The van der Waals surface area contributed by atoms with E-state index in [9.17, 15) is 14.4 Å². The van der Waals surface area contributed by atoms with E-state index in [1.54, 1.807) is 20.8 Å². The second kappa shape index (κ2) is 5.24. The summed E-state index contributed by atoms with van der Waals surface area (Å²) in [5.74, 6) is -1.00. The number of hydrogen-bond donors (Lipinski definition) is 1. The summed E-state index contributed by atoms with van der Waals surface area (Å²) in [6.45, 7) is 5.11. The van der Waals surface area contributed by atoms with E-state index >= 15 is 0 Å². The number of methoxy groups -OCH3 is 1. The number of hydrogen-bond acceptors (Lipinski definition) is 5. The average molecular weight is 258 g/mol. The smallest absolute Gasteiger partial charge is 0.410 e. The van der Waals surface area contributed by atoms with Crippen molar-refractivity contribution >= 4 is 18.0 Å². The van der Waals surface area contributed by atoms with Gasteiger partial charge >= 0.3 is 12.1 Å². The van der Waals surface area contributed by atoms with Crippen LogP contribution in [0.1, 0.15) is 20.8 Å². The average Bonchev–Trinajstić information content (AvgIpc) is 2.24. The van der Waals surface area contributed by atoms with Crippen LogP contribution in [0.3, 0.4) is 0 Å². The fourth-order valence-corrected chi connectivity index (χ4v) is 1.49. The van der Waals surface area contributed by atoms with Crippen LogP contribution in [0.2, 0.25) is 0 Å². The highest BCUT2D eigenvalue weighted by molar-refractivity contribution is 5.89. The first kappa shape index (κ1) is 14.3. The van der Waals surface area contributed by atoms with Crippen molar-refractivity contribution in [2.24, 2.45) is 0 Å². The molecule has 2 amide bonds. The van der Waals surface area contributed by atoms with Gasteiger partial charge in [-0.15, -0.1) is 0 Å². The zero-order valence-corrected chi connectivity index (χ0v) is 11.0. The van der Waals surface area contributed by atoms with E-state index in [-0.39, 0.29) is 13.1 Å². The molecule has 0 bridgehead atoms. The van der Waals surface area contributed by atoms with Gasteiger partial charge in [-0.1, -0.05) is 0 Å². The molecule has 0 aromatic heterocycles. The number of nitrogens with zero attached hydrogens (tertiary/aromatic N) is 1. The third-order valence-electron chi connectivity index (χ3n) is 2.21. The molecule has 1 N–H and O–H groups in total. The van der Waals surface area contributed by atoms with Gasteiger partial charge in [0.15, 0.2) is 0 Å². The molecule has 1 atom stereocenters. The molecule has 0 aromatic rings. The summed E-state index contributed by atoms with van der Waals surface area (Å²) in [6.07, 6.45) is -0.619. The molecule has 1 aliphatic heterocycles. The molecule has 18 heavy (non-hydrogen) atoms. The highest BCUT2D eigenvalue weighted by Gasteiger charge is 2.34. The highest BCUT2D eigenvalue weighted by atomic mass is 16.6. The van der Waals surface area contributed by atoms with Crippen LogP contribution in [0.15, 0.2) is 0 Å². The van der Waals surface area contributed by atoms with E-state index in [0.717, 1.165) is 0 Å². The normalized spacial score (nSPS) is 20.1. The summed E-state index contributed by atoms with van der Waals surface area (Å²) in [5, 5.41) is 2.45. The van der Waals surface area contributed by atoms with E-state index in [4.69, 9.17) is 4.74 Å². The van der Waals surface area contributed by atoms with Gasteiger partial charge in [0.25, 0.3) is 0 Å². The third kappa shape index (κ3) is 3.90. The second-order valence-electron chi connectivity index (χ2n) is 5.00. The molecule has 1 heterocycles. The maximum Gasteiger partial charge on any atom is 0.410 e. The van der Waals surface area contributed by atoms with Crippen molar-refractivity contribution in [2.45, 2.75) is 32.4 Å². The lowest BCUT2D eigenvalue weighted by Gasteiger charge is -2.32. The third-order valence-corrected chi connectivity index (χ3v) is 2.21. The summed E-state index contributed by atoms with van der Waals surface area (Å²) in [5.41, 5.74) is -0.647. The lowest BCUT2D eigenvalue weighted by Crippen LogP contribution is -2.59. The molecule has 0 unspecified atom stereocenters. The molecule has 1 aliphatic rings. The first-order valence-corrected chi connectivity index (χ1v) is 5.58. The SMILES string of the molecule is COC(=O)[C@H]1CN(C(=O)OC(C)(C)C)CC(=O)N1. The van der Waals surface area contributed by atoms with Gasteiger partial charge in [-0.05, 0) is 20.8 Å². The molecule has 102 valence electrons. The topological polar surface area (TPSA) is 84.9 Å². The van der Waals surface area contributed by atoms with Gasteiger partial charge in [-0.2, -0.15) is 0 Å². The van der Waals surface area contributed by atoms with E-state index in [0.29, 0.717) is 0 Å². The van der Waals surface area contributed by atoms with Gasteiger partial charge in [0.1, 0.15) is 18.2 Å². The van der Waals surface area contributed by atoms with Crippen LogP contribution in [-0.2, 0) is 19.1 Å². The first-order chi connectivity index (χ1) is 8.23. The molecule has 0 spiro atoms. The first-order valence-electron chi connectivity index (χ1n) is 5.58. The Bertz CT molecular complexity index is 361. The predicted molar refractivity (Wildman–Crippen MR) is 61.8 cm³/mol. The van der Waals surface area contributed by atoms with Gasteiger partial charge in [0.2, 0.25) is 5.91 Å². The molecule has 7 nitrogen and oxygen atoms in total. The van der Waals surface area contributed by atoms with Gasteiger partial charge in [0.05, 0.1) is 13.7 Å². The van der Waals surface area contributed by atoms with Crippen LogP contribution in [-0.4, -0.2) is 54.7 Å². The van der Waals surface area contributed by atoms with Crippen molar-refractivity contribution in [3.63, 3.8) is 0 Å². The number of carbonyl (C=O) groups is 3. The molecule has 1 rings (SSSR count). The minimum absolute atomic E-state index is 0.0489. The molecule has 1 saturated heterocycles. The number of nitrogens with one attached hydrogen (secondary N) is 1. The van der Waals surface area contributed by atoms with Crippen LogP contribution in [0.25, 0.3) is 0 Å². The molecular formula is C11H18N2O5. The van der Waals surface area contributed by atoms with Crippen molar-refractivity contribution < 1.29 is 23.9 Å². The Morgan fingerprint density at radius 3 is 2.50 bits per heavy atom.